The zero-order valence-electron chi connectivity index (χ0n) is 14.2. The van der Waals surface area contributed by atoms with Crippen molar-refractivity contribution in [3.05, 3.63) is 54.1 Å². The number of likely N-dealkylation sites (tertiary alicyclic amines) is 1. The third-order valence-corrected chi connectivity index (χ3v) is 4.34. The number of hydrogen-bond acceptors (Lipinski definition) is 3. The highest BCUT2D eigenvalue weighted by atomic mass is 15.2. The number of piperidine rings is 1. The molecule has 2 atom stereocenters. The summed E-state index contributed by atoms with van der Waals surface area (Å²) in [6.07, 6.45) is 8.45. The van der Waals surface area contributed by atoms with E-state index in [1.54, 1.807) is 12.3 Å². The van der Waals surface area contributed by atoms with Gasteiger partial charge in [-0.05, 0) is 44.9 Å². The maximum absolute atomic E-state index is 4.69. The van der Waals surface area contributed by atoms with Gasteiger partial charge in [-0.2, -0.15) is 0 Å². The molecule has 1 N–H and O–H groups in total. The van der Waals surface area contributed by atoms with Crippen molar-refractivity contribution in [2.24, 2.45) is 4.99 Å². The Morgan fingerprint density at radius 3 is 2.74 bits per heavy atom. The highest BCUT2D eigenvalue weighted by Gasteiger charge is 2.33. The van der Waals surface area contributed by atoms with E-state index < -0.39 is 0 Å². The standard InChI is InChI=1S/C19H26N4/c1-7-10-15-14(5)21-19(22-15)17-12-9-11-16(23(17)6)18(13(3)4)20-8-2/h7-8,10,16-17H,1-3,5,9,11-12H2,4,6H3,(H,21,22)/b15-10+,20-18?. The van der Waals surface area contributed by atoms with Crippen LogP contribution in [0.2, 0.25) is 0 Å². The average molecular weight is 310 g/mol. The summed E-state index contributed by atoms with van der Waals surface area (Å²) in [6.45, 7) is 17.5. The highest BCUT2D eigenvalue weighted by Crippen LogP contribution is 2.32. The lowest BCUT2D eigenvalue weighted by Gasteiger charge is -2.39. The topological polar surface area (TPSA) is 44.3 Å². The molecule has 0 radical (unpaired) electrons. The van der Waals surface area contributed by atoms with E-state index in [0.29, 0.717) is 0 Å². The van der Waals surface area contributed by atoms with Gasteiger partial charge in [-0.25, -0.2) is 4.98 Å². The summed E-state index contributed by atoms with van der Waals surface area (Å²) in [4.78, 5) is 14.8. The molecule has 122 valence electrons. The Balaban J connectivity index is 2.36. The molecule has 1 aromatic heterocycles. The van der Waals surface area contributed by atoms with Gasteiger partial charge in [0.25, 0.3) is 0 Å². The Hall–Kier alpha value is -2.20. The molecule has 0 spiro atoms. The quantitative estimate of drug-likeness (QED) is 0.849. The van der Waals surface area contributed by atoms with Crippen molar-refractivity contribution in [1.29, 1.82) is 0 Å². The number of aliphatic imine (C=N–C) groups is 1. The van der Waals surface area contributed by atoms with E-state index in [-0.39, 0.29) is 12.1 Å². The van der Waals surface area contributed by atoms with Gasteiger partial charge in [0.05, 0.1) is 28.5 Å². The number of H-pyrrole nitrogens is 1. The summed E-state index contributed by atoms with van der Waals surface area (Å²) in [5.41, 5.74) is 1.99. The summed E-state index contributed by atoms with van der Waals surface area (Å²) in [7, 11) is 2.12. The first kappa shape index (κ1) is 17.2. The second kappa shape index (κ2) is 7.38. The number of nitrogens with zero attached hydrogens (tertiary/aromatic N) is 3. The van der Waals surface area contributed by atoms with E-state index in [1.807, 2.05) is 13.0 Å². The first-order valence-corrected chi connectivity index (χ1v) is 7.93. The van der Waals surface area contributed by atoms with Crippen LogP contribution in [-0.4, -0.2) is 33.7 Å². The van der Waals surface area contributed by atoms with E-state index in [9.17, 15) is 0 Å². The number of rotatable bonds is 5. The van der Waals surface area contributed by atoms with Crippen molar-refractivity contribution < 1.29 is 0 Å². The van der Waals surface area contributed by atoms with Crippen LogP contribution in [0.5, 0.6) is 0 Å². The van der Waals surface area contributed by atoms with Gasteiger partial charge < -0.3 is 4.98 Å². The molecule has 1 aliphatic rings. The largest absolute Gasteiger partial charge is 0.341 e. The van der Waals surface area contributed by atoms with E-state index >= 15 is 0 Å². The van der Waals surface area contributed by atoms with Crippen LogP contribution in [0.4, 0.5) is 0 Å². The Morgan fingerprint density at radius 2 is 2.13 bits per heavy atom. The molecule has 0 aromatic carbocycles. The molecule has 2 rings (SSSR count). The number of aromatic nitrogens is 2. The highest BCUT2D eigenvalue weighted by molar-refractivity contribution is 6.03. The molecular weight excluding hydrogens is 284 g/mol. The van der Waals surface area contributed by atoms with Crippen LogP contribution in [-0.2, 0) is 0 Å². The van der Waals surface area contributed by atoms with Crippen LogP contribution in [0.25, 0.3) is 12.7 Å². The molecule has 1 aliphatic heterocycles. The van der Waals surface area contributed by atoms with Gasteiger partial charge in [-0.15, -0.1) is 0 Å². The Labute approximate surface area is 138 Å². The van der Waals surface area contributed by atoms with Crippen LogP contribution < -0.4 is 10.7 Å². The molecule has 2 unspecified atom stereocenters. The first-order valence-electron chi connectivity index (χ1n) is 7.93. The molecule has 4 heteroatoms. The lowest BCUT2D eigenvalue weighted by atomic mass is 9.90. The fraction of sp³-hybridized carbons (Fsp3) is 0.368. The summed E-state index contributed by atoms with van der Waals surface area (Å²) in [5.74, 6) is 0.954. The van der Waals surface area contributed by atoms with E-state index in [1.165, 1.54) is 0 Å². The monoisotopic (exact) mass is 310 g/mol. The molecule has 0 saturated carbocycles. The predicted molar refractivity (Wildman–Crippen MR) is 98.6 cm³/mol. The van der Waals surface area contributed by atoms with Crippen molar-refractivity contribution in [3.63, 3.8) is 0 Å². The van der Waals surface area contributed by atoms with Gasteiger partial charge in [0, 0.05) is 6.20 Å². The van der Waals surface area contributed by atoms with Crippen molar-refractivity contribution in [1.82, 2.24) is 14.9 Å². The molecule has 23 heavy (non-hydrogen) atoms. The molecule has 1 aromatic rings. The summed E-state index contributed by atoms with van der Waals surface area (Å²) in [6, 6.07) is 0.449. The second-order valence-corrected chi connectivity index (χ2v) is 5.99. The first-order chi connectivity index (χ1) is 11.0. The molecular formula is C19H26N4. The fourth-order valence-electron chi connectivity index (χ4n) is 3.22. The number of allylic oxidation sites excluding steroid dienone is 1. The maximum Gasteiger partial charge on any atom is 0.124 e. The Bertz CT molecular complexity index is 738. The van der Waals surface area contributed by atoms with Crippen molar-refractivity contribution >= 4 is 18.4 Å². The normalized spacial score (nSPS) is 23.7. The lowest BCUT2D eigenvalue weighted by Crippen LogP contribution is -2.44. The Morgan fingerprint density at radius 1 is 1.39 bits per heavy atom. The second-order valence-electron chi connectivity index (χ2n) is 5.99. The van der Waals surface area contributed by atoms with Gasteiger partial charge in [0.2, 0.25) is 0 Å². The molecule has 1 fully saturated rings. The Kier molecular flexibility index (Phi) is 5.50. The summed E-state index contributed by atoms with van der Waals surface area (Å²) in [5, 5.41) is 1.68. The molecule has 1 saturated heterocycles. The number of hydrogen-bond donors (Lipinski definition) is 1. The molecule has 0 bridgehead atoms. The summed E-state index contributed by atoms with van der Waals surface area (Å²) >= 11 is 0. The third kappa shape index (κ3) is 3.59. The summed E-state index contributed by atoms with van der Waals surface area (Å²) < 4.78 is 0. The van der Waals surface area contributed by atoms with Gasteiger partial charge in [-0.3, -0.25) is 9.89 Å². The van der Waals surface area contributed by atoms with Crippen LogP contribution in [0, 0.1) is 0 Å². The minimum atomic E-state index is 0.218. The molecule has 4 nitrogen and oxygen atoms in total. The fourth-order valence-corrected chi connectivity index (χ4v) is 3.22. The third-order valence-electron chi connectivity index (χ3n) is 4.34. The van der Waals surface area contributed by atoms with Gasteiger partial charge in [-0.1, -0.05) is 32.4 Å². The molecule has 0 amide bonds. The van der Waals surface area contributed by atoms with Crippen LogP contribution >= 0.6 is 0 Å². The van der Waals surface area contributed by atoms with Crippen molar-refractivity contribution in [2.45, 2.75) is 38.3 Å². The minimum absolute atomic E-state index is 0.218. The van der Waals surface area contributed by atoms with Crippen molar-refractivity contribution in [2.75, 3.05) is 7.05 Å². The van der Waals surface area contributed by atoms with E-state index in [2.05, 4.69) is 53.2 Å². The lowest BCUT2D eigenvalue weighted by molar-refractivity contribution is 0.148. The van der Waals surface area contributed by atoms with Gasteiger partial charge >= 0.3 is 0 Å². The molecule has 0 aliphatic carbocycles. The predicted octanol–water partition coefficient (Wildman–Crippen LogP) is 2.47. The van der Waals surface area contributed by atoms with Crippen LogP contribution in [0.1, 0.15) is 38.1 Å². The zero-order valence-corrected chi connectivity index (χ0v) is 14.2. The number of nitrogens with one attached hydrogen (secondary N) is 1. The van der Waals surface area contributed by atoms with Crippen molar-refractivity contribution in [3.8, 4) is 0 Å². The number of aromatic amines is 1. The molecule has 2 heterocycles. The van der Waals surface area contributed by atoms with Crippen LogP contribution in [0.3, 0.4) is 0 Å². The average Bonchev–Trinajstić information content (AvgIpc) is 2.86. The van der Waals surface area contributed by atoms with Gasteiger partial charge in [0.15, 0.2) is 0 Å². The van der Waals surface area contributed by atoms with E-state index in [0.717, 1.165) is 47.1 Å². The SMILES string of the molecule is C=C/C=c1/nc(C2CCCC(C(=NC=C)C(=C)C)N2C)[nH]c1=C. The number of imidazole rings is 1. The van der Waals surface area contributed by atoms with Crippen LogP contribution in [0.15, 0.2) is 42.6 Å². The van der Waals surface area contributed by atoms with E-state index in [4.69, 9.17) is 0 Å². The zero-order chi connectivity index (χ0) is 17.0. The smallest absolute Gasteiger partial charge is 0.124 e. The van der Waals surface area contributed by atoms with Gasteiger partial charge in [0.1, 0.15) is 5.82 Å². The minimum Gasteiger partial charge on any atom is -0.341 e. The maximum atomic E-state index is 4.69.